The summed E-state index contributed by atoms with van der Waals surface area (Å²) in [4.78, 5) is 12.9. The molecule has 1 aliphatic carbocycles. The standard InChI is InChI=1S/C20H26N4O3S2/c1-13(2)14-5-7-17(8-6-14)29(26,27)24-11-9-15(10-12-24)18(25)21-20-23-22-19(28-20)16-3-4-16/h5-8,13,15-16H,3-4,9-12H2,1-2H3,(H,21,23,25). The number of rotatable bonds is 6. The fourth-order valence-electron chi connectivity index (χ4n) is 3.52. The normalized spacial score (nSPS) is 18.9. The molecule has 9 heteroatoms. The van der Waals surface area contributed by atoms with Gasteiger partial charge in [0.05, 0.1) is 4.90 Å². The number of benzene rings is 1. The topological polar surface area (TPSA) is 92.3 Å². The van der Waals surface area contributed by atoms with Crippen LogP contribution in [0.25, 0.3) is 0 Å². The molecule has 2 fully saturated rings. The number of carbonyl (C=O) groups is 1. The molecule has 0 unspecified atom stereocenters. The fraction of sp³-hybridized carbons (Fsp3) is 0.550. The van der Waals surface area contributed by atoms with Crippen LogP contribution < -0.4 is 5.32 Å². The predicted octanol–water partition coefficient (Wildman–Crippen LogP) is 3.58. The molecule has 0 bridgehead atoms. The van der Waals surface area contributed by atoms with E-state index in [4.69, 9.17) is 0 Å². The summed E-state index contributed by atoms with van der Waals surface area (Å²) in [5, 5.41) is 12.6. The molecule has 4 rings (SSSR count). The molecule has 0 atom stereocenters. The van der Waals surface area contributed by atoms with Gasteiger partial charge >= 0.3 is 0 Å². The Morgan fingerprint density at radius 3 is 2.34 bits per heavy atom. The minimum atomic E-state index is -3.53. The summed E-state index contributed by atoms with van der Waals surface area (Å²) < 4.78 is 27.3. The van der Waals surface area contributed by atoms with Crippen molar-refractivity contribution in [3.05, 3.63) is 34.8 Å². The van der Waals surface area contributed by atoms with Crippen LogP contribution in [-0.2, 0) is 14.8 Å². The van der Waals surface area contributed by atoms with Crippen molar-refractivity contribution in [1.82, 2.24) is 14.5 Å². The molecule has 7 nitrogen and oxygen atoms in total. The van der Waals surface area contributed by atoms with E-state index in [1.165, 1.54) is 15.6 Å². The van der Waals surface area contributed by atoms with Gasteiger partial charge in [0.15, 0.2) is 0 Å². The van der Waals surface area contributed by atoms with Crippen molar-refractivity contribution in [1.29, 1.82) is 0 Å². The Balaban J connectivity index is 1.34. The van der Waals surface area contributed by atoms with Gasteiger partial charge in [0.2, 0.25) is 21.1 Å². The highest BCUT2D eigenvalue weighted by Gasteiger charge is 2.33. The van der Waals surface area contributed by atoms with Crippen LogP contribution in [0.5, 0.6) is 0 Å². The molecule has 2 aromatic rings. The number of nitrogens with one attached hydrogen (secondary N) is 1. The highest BCUT2D eigenvalue weighted by atomic mass is 32.2. The molecule has 2 heterocycles. The first-order valence-corrected chi connectivity index (χ1v) is 12.3. The number of sulfonamides is 1. The van der Waals surface area contributed by atoms with Crippen LogP contribution in [0.4, 0.5) is 5.13 Å². The van der Waals surface area contributed by atoms with E-state index in [0.29, 0.717) is 47.8 Å². The van der Waals surface area contributed by atoms with Crippen LogP contribution in [0.1, 0.15) is 61.9 Å². The summed E-state index contributed by atoms with van der Waals surface area (Å²) in [5.74, 6) is 0.565. The third-order valence-corrected chi connectivity index (χ3v) is 8.52. The van der Waals surface area contributed by atoms with Crippen LogP contribution in [-0.4, -0.2) is 41.9 Å². The van der Waals surface area contributed by atoms with Gasteiger partial charge in [-0.3, -0.25) is 4.79 Å². The van der Waals surface area contributed by atoms with E-state index in [0.717, 1.165) is 23.4 Å². The predicted molar refractivity (Wildman–Crippen MR) is 113 cm³/mol. The first-order valence-electron chi connectivity index (χ1n) is 10.1. The fourth-order valence-corrected chi connectivity index (χ4v) is 5.91. The molecule has 1 N–H and O–H groups in total. The van der Waals surface area contributed by atoms with Gasteiger partial charge in [-0.15, -0.1) is 10.2 Å². The van der Waals surface area contributed by atoms with E-state index in [1.807, 2.05) is 12.1 Å². The molecular formula is C20H26N4O3S2. The van der Waals surface area contributed by atoms with Gasteiger partial charge in [-0.25, -0.2) is 8.42 Å². The summed E-state index contributed by atoms with van der Waals surface area (Å²) in [5.41, 5.74) is 1.11. The van der Waals surface area contributed by atoms with Crippen molar-refractivity contribution in [2.24, 2.45) is 5.92 Å². The molecular weight excluding hydrogens is 408 g/mol. The summed E-state index contributed by atoms with van der Waals surface area (Å²) in [7, 11) is -3.53. The SMILES string of the molecule is CC(C)c1ccc(S(=O)(=O)N2CCC(C(=O)Nc3nnc(C4CC4)s3)CC2)cc1. The van der Waals surface area contributed by atoms with E-state index >= 15 is 0 Å². The van der Waals surface area contributed by atoms with Crippen LogP contribution >= 0.6 is 11.3 Å². The number of nitrogens with zero attached hydrogens (tertiary/aromatic N) is 3. The van der Waals surface area contributed by atoms with Crippen molar-refractivity contribution < 1.29 is 13.2 Å². The molecule has 1 saturated heterocycles. The average Bonchev–Trinajstić information content (AvgIpc) is 3.47. The Kier molecular flexibility index (Phi) is 5.72. The Morgan fingerprint density at radius 1 is 1.10 bits per heavy atom. The molecule has 1 amide bonds. The molecule has 1 aromatic heterocycles. The first kappa shape index (κ1) is 20.4. The second kappa shape index (κ2) is 8.12. The maximum absolute atomic E-state index is 12.9. The number of hydrogen-bond donors (Lipinski definition) is 1. The Hall–Kier alpha value is -1.84. The monoisotopic (exact) mass is 434 g/mol. The van der Waals surface area contributed by atoms with Gasteiger partial charge in [0, 0.05) is 24.9 Å². The zero-order chi connectivity index (χ0) is 20.6. The molecule has 2 aliphatic rings. The lowest BCUT2D eigenvalue weighted by Gasteiger charge is -2.30. The Labute approximate surface area is 175 Å². The van der Waals surface area contributed by atoms with E-state index in [-0.39, 0.29) is 11.8 Å². The smallest absolute Gasteiger partial charge is 0.243 e. The highest BCUT2D eigenvalue weighted by molar-refractivity contribution is 7.89. The molecule has 0 radical (unpaired) electrons. The average molecular weight is 435 g/mol. The van der Waals surface area contributed by atoms with E-state index < -0.39 is 10.0 Å². The number of carbonyl (C=O) groups excluding carboxylic acids is 1. The summed E-state index contributed by atoms with van der Waals surface area (Å²) in [6.45, 7) is 4.84. The van der Waals surface area contributed by atoms with Gasteiger partial charge in [-0.2, -0.15) is 4.31 Å². The lowest BCUT2D eigenvalue weighted by atomic mass is 9.97. The summed E-state index contributed by atoms with van der Waals surface area (Å²) in [6.07, 6.45) is 3.30. The molecule has 29 heavy (non-hydrogen) atoms. The Morgan fingerprint density at radius 2 is 1.76 bits per heavy atom. The number of aromatic nitrogens is 2. The quantitative estimate of drug-likeness (QED) is 0.750. The van der Waals surface area contributed by atoms with Crippen molar-refractivity contribution in [2.75, 3.05) is 18.4 Å². The maximum Gasteiger partial charge on any atom is 0.243 e. The van der Waals surface area contributed by atoms with E-state index in [1.54, 1.807) is 12.1 Å². The molecule has 156 valence electrons. The number of anilines is 1. The van der Waals surface area contributed by atoms with Crippen LogP contribution in [0.3, 0.4) is 0 Å². The molecule has 0 spiro atoms. The molecule has 1 saturated carbocycles. The number of piperidine rings is 1. The van der Waals surface area contributed by atoms with E-state index in [9.17, 15) is 13.2 Å². The minimum absolute atomic E-state index is 0.0955. The number of hydrogen-bond acceptors (Lipinski definition) is 6. The number of amides is 1. The lowest BCUT2D eigenvalue weighted by Crippen LogP contribution is -2.41. The van der Waals surface area contributed by atoms with Crippen molar-refractivity contribution in [3.63, 3.8) is 0 Å². The third-order valence-electron chi connectivity index (χ3n) is 5.61. The molecule has 1 aliphatic heterocycles. The van der Waals surface area contributed by atoms with E-state index in [2.05, 4.69) is 29.4 Å². The van der Waals surface area contributed by atoms with Gasteiger partial charge in [0.1, 0.15) is 5.01 Å². The zero-order valence-corrected chi connectivity index (χ0v) is 18.3. The minimum Gasteiger partial charge on any atom is -0.300 e. The zero-order valence-electron chi connectivity index (χ0n) is 16.7. The van der Waals surface area contributed by atoms with Crippen LogP contribution in [0, 0.1) is 5.92 Å². The van der Waals surface area contributed by atoms with Gasteiger partial charge in [-0.1, -0.05) is 37.3 Å². The summed E-state index contributed by atoms with van der Waals surface area (Å²) >= 11 is 1.44. The van der Waals surface area contributed by atoms with Crippen LogP contribution in [0.15, 0.2) is 29.2 Å². The first-order chi connectivity index (χ1) is 13.8. The van der Waals surface area contributed by atoms with Gasteiger partial charge in [-0.05, 0) is 49.3 Å². The second-order valence-corrected chi connectivity index (χ2v) is 11.1. The summed E-state index contributed by atoms with van der Waals surface area (Å²) in [6, 6.07) is 7.10. The van der Waals surface area contributed by atoms with Crippen molar-refractivity contribution >= 4 is 32.4 Å². The lowest BCUT2D eigenvalue weighted by molar-refractivity contribution is -0.120. The van der Waals surface area contributed by atoms with Gasteiger partial charge < -0.3 is 5.32 Å². The van der Waals surface area contributed by atoms with Crippen LogP contribution in [0.2, 0.25) is 0 Å². The van der Waals surface area contributed by atoms with Crippen molar-refractivity contribution in [3.8, 4) is 0 Å². The highest BCUT2D eigenvalue weighted by Crippen LogP contribution is 2.42. The third kappa shape index (κ3) is 4.51. The largest absolute Gasteiger partial charge is 0.300 e. The van der Waals surface area contributed by atoms with Crippen molar-refractivity contribution in [2.45, 2.75) is 56.3 Å². The Bertz CT molecular complexity index is 973. The molecule has 1 aromatic carbocycles. The van der Waals surface area contributed by atoms with Gasteiger partial charge in [0.25, 0.3) is 0 Å². The maximum atomic E-state index is 12.9. The second-order valence-electron chi connectivity index (χ2n) is 8.11.